The Labute approximate surface area is 93.1 Å². The second kappa shape index (κ2) is 4.36. The summed E-state index contributed by atoms with van der Waals surface area (Å²) in [5.41, 5.74) is 2.03. The van der Waals surface area contributed by atoms with Crippen LogP contribution in [0.5, 0.6) is 0 Å². The fourth-order valence-corrected chi connectivity index (χ4v) is 3.09. The molecular weight excluding hydrogens is 182 g/mol. The molecule has 0 spiro atoms. The minimum atomic E-state index is 0.472. The van der Waals surface area contributed by atoms with E-state index in [4.69, 9.17) is 0 Å². The van der Waals surface area contributed by atoms with Crippen LogP contribution in [0.25, 0.3) is 0 Å². The Morgan fingerprint density at radius 1 is 1.07 bits per heavy atom. The lowest BCUT2D eigenvalue weighted by Crippen LogP contribution is -3.07. The van der Waals surface area contributed by atoms with Gasteiger partial charge < -0.3 is 4.90 Å². The average molecular weight is 204 g/mol. The van der Waals surface area contributed by atoms with Gasteiger partial charge >= 0.3 is 0 Å². The summed E-state index contributed by atoms with van der Waals surface area (Å²) in [5, 5.41) is 0. The van der Waals surface area contributed by atoms with Crippen LogP contribution in [0.1, 0.15) is 31.2 Å². The Bertz CT molecular complexity index is 296. The highest BCUT2D eigenvalue weighted by molar-refractivity contribution is 5.26. The lowest BCUT2D eigenvalue weighted by Gasteiger charge is -2.30. The molecule has 0 aromatic heterocycles. The predicted molar refractivity (Wildman–Crippen MR) is 64.3 cm³/mol. The zero-order chi connectivity index (χ0) is 10.7. The van der Waals surface area contributed by atoms with Gasteiger partial charge in [-0.15, -0.1) is 0 Å². The van der Waals surface area contributed by atoms with E-state index in [0.29, 0.717) is 5.41 Å². The molecule has 82 valence electrons. The van der Waals surface area contributed by atoms with Crippen LogP contribution in [-0.4, -0.2) is 20.6 Å². The van der Waals surface area contributed by atoms with Crippen molar-refractivity contribution in [2.45, 2.75) is 31.1 Å². The molecule has 1 aliphatic carbocycles. The molecular formula is C14H22N+. The molecule has 15 heavy (non-hydrogen) atoms. The lowest BCUT2D eigenvalue weighted by molar-refractivity contribution is -0.863. The van der Waals surface area contributed by atoms with E-state index in [9.17, 15) is 0 Å². The first-order valence-corrected chi connectivity index (χ1v) is 6.07. The molecule has 0 atom stereocenters. The van der Waals surface area contributed by atoms with Gasteiger partial charge in [-0.1, -0.05) is 43.2 Å². The molecule has 1 aliphatic rings. The van der Waals surface area contributed by atoms with E-state index in [1.54, 1.807) is 10.5 Å². The first-order valence-electron chi connectivity index (χ1n) is 6.07. The summed E-state index contributed by atoms with van der Waals surface area (Å²) < 4.78 is 0. The quantitative estimate of drug-likeness (QED) is 0.763. The molecule has 1 heteroatoms. The maximum absolute atomic E-state index is 2.31. The zero-order valence-corrected chi connectivity index (χ0v) is 9.92. The van der Waals surface area contributed by atoms with Crippen molar-refractivity contribution in [3.05, 3.63) is 35.9 Å². The smallest absolute Gasteiger partial charge is 0.0865 e. The van der Waals surface area contributed by atoms with Gasteiger partial charge in [0.15, 0.2) is 0 Å². The molecule has 1 aromatic carbocycles. The van der Waals surface area contributed by atoms with Gasteiger partial charge in [0.05, 0.1) is 20.6 Å². The highest BCUT2D eigenvalue weighted by atomic mass is 15.1. The van der Waals surface area contributed by atoms with Crippen molar-refractivity contribution in [3.63, 3.8) is 0 Å². The number of likely N-dealkylation sites (N-methyl/N-ethyl adjacent to an activating group) is 1. The summed E-state index contributed by atoms with van der Waals surface area (Å²) in [6.45, 7) is 1.27. The van der Waals surface area contributed by atoms with Gasteiger partial charge in [0.1, 0.15) is 0 Å². The Balaban J connectivity index is 2.26. The van der Waals surface area contributed by atoms with Gasteiger partial charge in [0.2, 0.25) is 0 Å². The standard InChI is InChI=1S/C14H21N/c1-15(2)12-14(10-6-7-11-14)13-8-4-3-5-9-13/h3-5,8-9H,6-7,10-12H2,1-2H3/p+1. The number of benzene rings is 1. The van der Waals surface area contributed by atoms with Gasteiger partial charge in [-0.05, 0) is 18.4 Å². The third kappa shape index (κ3) is 2.23. The monoisotopic (exact) mass is 204 g/mol. The van der Waals surface area contributed by atoms with Gasteiger partial charge in [-0.25, -0.2) is 0 Å². The molecule has 1 N–H and O–H groups in total. The summed E-state index contributed by atoms with van der Waals surface area (Å²) in [6.07, 6.45) is 5.56. The van der Waals surface area contributed by atoms with Crippen molar-refractivity contribution in [2.75, 3.05) is 20.6 Å². The zero-order valence-electron chi connectivity index (χ0n) is 9.92. The van der Waals surface area contributed by atoms with Crippen LogP contribution in [0.3, 0.4) is 0 Å². The molecule has 1 nitrogen and oxygen atoms in total. The minimum absolute atomic E-state index is 0.472. The fraction of sp³-hybridized carbons (Fsp3) is 0.571. The van der Waals surface area contributed by atoms with Gasteiger partial charge in [0.25, 0.3) is 0 Å². The molecule has 1 saturated carbocycles. The molecule has 0 amide bonds. The van der Waals surface area contributed by atoms with Gasteiger partial charge in [-0.2, -0.15) is 0 Å². The third-order valence-electron chi connectivity index (χ3n) is 3.64. The molecule has 0 saturated heterocycles. The van der Waals surface area contributed by atoms with Crippen molar-refractivity contribution < 1.29 is 4.90 Å². The highest BCUT2D eigenvalue weighted by Crippen LogP contribution is 2.39. The molecule has 2 rings (SSSR count). The van der Waals surface area contributed by atoms with E-state index in [0.717, 1.165) is 0 Å². The maximum atomic E-state index is 2.31. The van der Waals surface area contributed by atoms with Crippen LogP contribution in [0, 0.1) is 0 Å². The number of hydrogen-bond donors (Lipinski definition) is 1. The molecule has 0 bridgehead atoms. The molecule has 1 aromatic rings. The van der Waals surface area contributed by atoms with Gasteiger partial charge in [-0.3, -0.25) is 0 Å². The summed E-state index contributed by atoms with van der Waals surface area (Å²) in [7, 11) is 4.53. The lowest BCUT2D eigenvalue weighted by atomic mass is 9.78. The van der Waals surface area contributed by atoms with E-state index >= 15 is 0 Å². The topological polar surface area (TPSA) is 4.44 Å². The van der Waals surface area contributed by atoms with Crippen molar-refractivity contribution in [1.29, 1.82) is 0 Å². The first-order chi connectivity index (χ1) is 7.23. The second-order valence-electron chi connectivity index (χ2n) is 5.24. The minimum Gasteiger partial charge on any atom is -0.339 e. The third-order valence-corrected chi connectivity index (χ3v) is 3.64. The molecule has 0 aliphatic heterocycles. The molecule has 1 fully saturated rings. The van der Waals surface area contributed by atoms with Crippen LogP contribution >= 0.6 is 0 Å². The van der Waals surface area contributed by atoms with Crippen LogP contribution in [0.4, 0.5) is 0 Å². The van der Waals surface area contributed by atoms with Gasteiger partial charge in [0, 0.05) is 5.41 Å². The second-order valence-corrected chi connectivity index (χ2v) is 5.24. The maximum Gasteiger partial charge on any atom is 0.0865 e. The van der Waals surface area contributed by atoms with Crippen LogP contribution < -0.4 is 4.90 Å². The number of rotatable bonds is 3. The van der Waals surface area contributed by atoms with Crippen molar-refractivity contribution in [3.8, 4) is 0 Å². The average Bonchev–Trinajstić information content (AvgIpc) is 2.68. The largest absolute Gasteiger partial charge is 0.339 e. The SMILES string of the molecule is C[NH+](C)CC1(c2ccccc2)CCCC1. The Morgan fingerprint density at radius 2 is 1.67 bits per heavy atom. The summed E-state index contributed by atoms with van der Waals surface area (Å²) >= 11 is 0. The highest BCUT2D eigenvalue weighted by Gasteiger charge is 2.37. The summed E-state index contributed by atoms with van der Waals surface area (Å²) in [4.78, 5) is 1.57. The first kappa shape index (κ1) is 10.7. The Hall–Kier alpha value is -0.820. The molecule has 0 heterocycles. The van der Waals surface area contributed by atoms with E-state index < -0.39 is 0 Å². The summed E-state index contributed by atoms with van der Waals surface area (Å²) in [6, 6.07) is 11.1. The molecule has 0 radical (unpaired) electrons. The van der Waals surface area contributed by atoms with Crippen molar-refractivity contribution in [1.82, 2.24) is 0 Å². The number of hydrogen-bond acceptors (Lipinski definition) is 0. The van der Waals surface area contributed by atoms with Crippen molar-refractivity contribution in [2.24, 2.45) is 0 Å². The molecule has 0 unspecified atom stereocenters. The van der Waals surface area contributed by atoms with Crippen LogP contribution in [0.15, 0.2) is 30.3 Å². The van der Waals surface area contributed by atoms with E-state index in [-0.39, 0.29) is 0 Å². The normalized spacial score (nSPS) is 19.7. The predicted octanol–water partition coefficient (Wildman–Crippen LogP) is 1.64. The number of quaternary nitrogens is 1. The van der Waals surface area contributed by atoms with Crippen molar-refractivity contribution >= 4 is 0 Å². The number of nitrogens with one attached hydrogen (secondary N) is 1. The van der Waals surface area contributed by atoms with E-state index in [1.807, 2.05) is 0 Å². The Kier molecular flexibility index (Phi) is 3.11. The van der Waals surface area contributed by atoms with E-state index in [2.05, 4.69) is 44.4 Å². The van der Waals surface area contributed by atoms with Crippen LogP contribution in [-0.2, 0) is 5.41 Å². The fourth-order valence-electron chi connectivity index (χ4n) is 3.09. The Morgan fingerprint density at radius 3 is 2.20 bits per heavy atom. The summed E-state index contributed by atoms with van der Waals surface area (Å²) in [5.74, 6) is 0. The van der Waals surface area contributed by atoms with E-state index in [1.165, 1.54) is 32.2 Å². The van der Waals surface area contributed by atoms with Crippen LogP contribution in [0.2, 0.25) is 0 Å².